The van der Waals surface area contributed by atoms with Gasteiger partial charge in [0.05, 0.1) is 16.3 Å². The summed E-state index contributed by atoms with van der Waals surface area (Å²) in [6.45, 7) is 0. The summed E-state index contributed by atoms with van der Waals surface area (Å²) in [5.74, 6) is 0. The molecule has 1 heterocycles. The third kappa shape index (κ3) is 4.67. The lowest BCUT2D eigenvalue weighted by Crippen LogP contribution is -2.10. The van der Waals surface area contributed by atoms with E-state index in [0.717, 1.165) is 33.3 Å². The average molecular weight is 655 g/mol. The van der Waals surface area contributed by atoms with Gasteiger partial charge in [-0.1, -0.05) is 152 Å². The van der Waals surface area contributed by atoms with Crippen LogP contribution in [0.15, 0.2) is 182 Å². The van der Waals surface area contributed by atoms with Crippen LogP contribution in [-0.2, 0) is 0 Å². The van der Waals surface area contributed by atoms with Crippen LogP contribution >= 0.6 is 11.3 Å². The second kappa shape index (κ2) is 11.7. The van der Waals surface area contributed by atoms with Crippen LogP contribution in [0.25, 0.3) is 76.1 Å². The molecule has 9 aromatic rings. The molecule has 0 radical (unpaired) electrons. The Bertz CT molecular complexity index is 2640. The number of thiazole rings is 1. The number of anilines is 3. The van der Waals surface area contributed by atoms with Crippen molar-refractivity contribution in [1.82, 2.24) is 4.98 Å². The lowest BCUT2D eigenvalue weighted by molar-refractivity contribution is 1.30. The molecule has 1 aliphatic carbocycles. The van der Waals surface area contributed by atoms with Gasteiger partial charge in [-0.2, -0.15) is 0 Å². The molecule has 8 aromatic carbocycles. The maximum Gasteiger partial charge on any atom is 0.124 e. The molecule has 0 saturated heterocycles. The molecule has 2 nitrogen and oxygen atoms in total. The Hall–Kier alpha value is -6.29. The highest BCUT2D eigenvalue weighted by Crippen LogP contribution is 2.54. The molecule has 10 rings (SSSR count). The van der Waals surface area contributed by atoms with Crippen LogP contribution in [0, 0.1) is 0 Å². The standard InChI is InChI=1S/C47H30N2S/c1-3-11-31(12-4-1)32-21-25-36(26-22-32)49(37-27-23-34(24-28-37)39-18-9-16-33-13-7-8-17-38(33)39)43-30-29-41-44-40(43)19-10-20-42(44)46-45(41)48-47(50-46)35-14-5-2-6-15-35/h1-30H. The molecule has 3 heteroatoms. The third-order valence-corrected chi connectivity index (χ3v) is 11.0. The summed E-state index contributed by atoms with van der Waals surface area (Å²) in [5.41, 5.74) is 12.9. The largest absolute Gasteiger partial charge is 0.310 e. The van der Waals surface area contributed by atoms with E-state index in [9.17, 15) is 0 Å². The molecule has 0 bridgehead atoms. The van der Waals surface area contributed by atoms with Crippen molar-refractivity contribution in [3.8, 4) is 54.5 Å². The van der Waals surface area contributed by atoms with Crippen LogP contribution in [-0.4, -0.2) is 4.98 Å². The van der Waals surface area contributed by atoms with Gasteiger partial charge in [0.15, 0.2) is 0 Å². The summed E-state index contributed by atoms with van der Waals surface area (Å²) >= 11 is 1.79. The maximum atomic E-state index is 5.20. The van der Waals surface area contributed by atoms with Crippen molar-refractivity contribution in [3.05, 3.63) is 182 Å². The van der Waals surface area contributed by atoms with E-state index in [1.54, 1.807) is 11.3 Å². The summed E-state index contributed by atoms with van der Waals surface area (Å²) in [5, 5.41) is 6.07. The predicted molar refractivity (Wildman–Crippen MR) is 213 cm³/mol. The van der Waals surface area contributed by atoms with Gasteiger partial charge in [-0.25, -0.2) is 4.98 Å². The molecule has 50 heavy (non-hydrogen) atoms. The maximum absolute atomic E-state index is 5.20. The first-order valence-electron chi connectivity index (χ1n) is 17.0. The molecular formula is C47H30N2S. The minimum atomic E-state index is 1.06. The van der Waals surface area contributed by atoms with Gasteiger partial charge < -0.3 is 4.90 Å². The van der Waals surface area contributed by atoms with E-state index in [1.165, 1.54) is 59.8 Å². The van der Waals surface area contributed by atoms with Gasteiger partial charge in [-0.05, 0) is 63.4 Å². The zero-order chi connectivity index (χ0) is 33.0. The Morgan fingerprint density at radius 2 is 0.980 bits per heavy atom. The van der Waals surface area contributed by atoms with E-state index >= 15 is 0 Å². The summed E-state index contributed by atoms with van der Waals surface area (Å²) in [7, 11) is 0. The van der Waals surface area contributed by atoms with Crippen molar-refractivity contribution in [3.63, 3.8) is 0 Å². The number of nitrogens with zero attached hydrogens (tertiary/aromatic N) is 2. The Labute approximate surface area is 295 Å². The molecule has 0 fully saturated rings. The quantitative estimate of drug-likeness (QED) is 0.177. The fourth-order valence-corrected chi connectivity index (χ4v) is 8.61. The molecule has 0 aliphatic heterocycles. The number of hydrogen-bond donors (Lipinski definition) is 0. The highest BCUT2D eigenvalue weighted by atomic mass is 32.1. The second-order valence-corrected chi connectivity index (χ2v) is 13.7. The van der Waals surface area contributed by atoms with Crippen molar-refractivity contribution >= 4 is 49.9 Å². The van der Waals surface area contributed by atoms with Gasteiger partial charge >= 0.3 is 0 Å². The predicted octanol–water partition coefficient (Wildman–Crippen LogP) is 13.6. The fraction of sp³-hybridized carbons (Fsp3) is 0. The number of fused-ring (bicyclic) bond motifs is 4. The summed E-state index contributed by atoms with van der Waals surface area (Å²) in [6, 6.07) is 65.5. The summed E-state index contributed by atoms with van der Waals surface area (Å²) in [6.07, 6.45) is 0. The first-order valence-corrected chi connectivity index (χ1v) is 17.8. The Balaban J connectivity index is 1.12. The van der Waals surface area contributed by atoms with Gasteiger partial charge in [0.1, 0.15) is 5.01 Å². The van der Waals surface area contributed by atoms with E-state index < -0.39 is 0 Å². The highest BCUT2D eigenvalue weighted by molar-refractivity contribution is 7.19. The molecular weight excluding hydrogens is 625 g/mol. The number of benzene rings is 8. The van der Waals surface area contributed by atoms with Gasteiger partial charge in [-0.3, -0.25) is 0 Å². The highest BCUT2D eigenvalue weighted by Gasteiger charge is 2.28. The first-order chi connectivity index (χ1) is 24.8. The molecule has 1 aromatic heterocycles. The van der Waals surface area contributed by atoms with Crippen LogP contribution in [0.3, 0.4) is 0 Å². The molecule has 0 amide bonds. The van der Waals surface area contributed by atoms with Crippen LogP contribution in [0.5, 0.6) is 0 Å². The zero-order valence-corrected chi connectivity index (χ0v) is 27.9. The van der Waals surface area contributed by atoms with E-state index in [1.807, 2.05) is 0 Å². The Kier molecular flexibility index (Phi) is 6.71. The molecule has 234 valence electrons. The van der Waals surface area contributed by atoms with Crippen molar-refractivity contribution in [2.45, 2.75) is 0 Å². The van der Waals surface area contributed by atoms with Crippen LogP contribution < -0.4 is 4.90 Å². The Morgan fingerprint density at radius 3 is 1.74 bits per heavy atom. The summed E-state index contributed by atoms with van der Waals surface area (Å²) in [4.78, 5) is 8.85. The number of aromatic nitrogens is 1. The minimum Gasteiger partial charge on any atom is -0.310 e. The SMILES string of the molecule is c1ccc(-c2ccc(N(c3ccc(-c4cccc5ccccc45)cc3)c3ccc4c5c(cccc35)-c3sc(-c5ccccc5)nc3-4)cc2)cc1. The first kappa shape index (κ1) is 28.7. The van der Waals surface area contributed by atoms with Gasteiger partial charge in [0.25, 0.3) is 0 Å². The monoisotopic (exact) mass is 654 g/mol. The van der Waals surface area contributed by atoms with Gasteiger partial charge in [0, 0.05) is 38.8 Å². The zero-order valence-electron chi connectivity index (χ0n) is 27.1. The Morgan fingerprint density at radius 1 is 0.400 bits per heavy atom. The molecule has 1 aliphatic rings. The van der Waals surface area contributed by atoms with Crippen molar-refractivity contribution in [2.75, 3.05) is 4.90 Å². The van der Waals surface area contributed by atoms with Crippen LogP contribution in [0.4, 0.5) is 17.1 Å². The normalized spacial score (nSPS) is 11.6. The van der Waals surface area contributed by atoms with E-state index in [0.29, 0.717) is 0 Å². The summed E-state index contributed by atoms with van der Waals surface area (Å²) < 4.78 is 0. The van der Waals surface area contributed by atoms with Crippen LogP contribution in [0.1, 0.15) is 0 Å². The molecule has 0 unspecified atom stereocenters. The number of rotatable bonds is 6. The van der Waals surface area contributed by atoms with Gasteiger partial charge in [0.2, 0.25) is 0 Å². The topological polar surface area (TPSA) is 16.1 Å². The minimum absolute atomic E-state index is 1.06. The van der Waals surface area contributed by atoms with Gasteiger partial charge in [-0.15, -0.1) is 11.3 Å². The van der Waals surface area contributed by atoms with E-state index in [2.05, 4.69) is 187 Å². The lowest BCUT2D eigenvalue weighted by atomic mass is 9.97. The second-order valence-electron chi connectivity index (χ2n) is 12.7. The van der Waals surface area contributed by atoms with E-state index in [4.69, 9.17) is 4.98 Å². The van der Waals surface area contributed by atoms with Crippen LogP contribution in [0.2, 0.25) is 0 Å². The van der Waals surface area contributed by atoms with Crippen molar-refractivity contribution in [1.29, 1.82) is 0 Å². The third-order valence-electron chi connectivity index (χ3n) is 9.86. The molecule has 0 N–H and O–H groups in total. The smallest absolute Gasteiger partial charge is 0.124 e. The average Bonchev–Trinajstić information content (AvgIpc) is 3.76. The molecule has 0 spiro atoms. The fourth-order valence-electron chi connectivity index (χ4n) is 7.49. The lowest BCUT2D eigenvalue weighted by Gasteiger charge is -2.27. The molecule has 0 saturated carbocycles. The van der Waals surface area contributed by atoms with Crippen molar-refractivity contribution in [2.24, 2.45) is 0 Å². The van der Waals surface area contributed by atoms with E-state index in [-0.39, 0.29) is 0 Å². The molecule has 0 atom stereocenters. The number of hydrogen-bond acceptors (Lipinski definition) is 3. The van der Waals surface area contributed by atoms with Crippen molar-refractivity contribution < 1.29 is 0 Å².